The molecule has 2 rings (SSSR count). The minimum absolute atomic E-state index is 0.659. The first-order valence-corrected chi connectivity index (χ1v) is 6.90. The van der Waals surface area contributed by atoms with Crippen molar-refractivity contribution in [3.63, 3.8) is 0 Å². The van der Waals surface area contributed by atoms with E-state index in [4.69, 9.17) is 15.2 Å². The van der Waals surface area contributed by atoms with Crippen LogP contribution in [-0.2, 0) is 12.8 Å². The third-order valence-corrected chi connectivity index (χ3v) is 3.22. The molecule has 0 bridgehead atoms. The molecule has 0 heterocycles. The fourth-order valence-electron chi connectivity index (χ4n) is 2.03. The Balaban J connectivity index is 2.16. The summed E-state index contributed by atoms with van der Waals surface area (Å²) in [5.74, 6) is 2.29. The highest BCUT2D eigenvalue weighted by molar-refractivity contribution is 5.45. The van der Waals surface area contributed by atoms with Crippen LogP contribution in [0, 0.1) is 0 Å². The maximum atomic E-state index is 5.88. The lowest BCUT2D eigenvalue weighted by molar-refractivity contribution is 0.378. The van der Waals surface area contributed by atoms with E-state index in [1.165, 1.54) is 11.1 Å². The van der Waals surface area contributed by atoms with Gasteiger partial charge in [0.05, 0.1) is 7.11 Å². The molecule has 0 spiro atoms. The number of aryl methyl sites for hydroxylation is 1. The molecule has 0 aliphatic carbocycles. The average Bonchev–Trinajstić information content (AvgIpc) is 2.50. The molecule has 3 nitrogen and oxygen atoms in total. The number of benzene rings is 2. The lowest BCUT2D eigenvalue weighted by atomic mass is 10.1. The summed E-state index contributed by atoms with van der Waals surface area (Å²) >= 11 is 0. The van der Waals surface area contributed by atoms with Crippen molar-refractivity contribution in [2.24, 2.45) is 5.73 Å². The van der Waals surface area contributed by atoms with Crippen molar-refractivity contribution < 1.29 is 9.47 Å². The molecule has 106 valence electrons. The first-order chi connectivity index (χ1) is 9.76. The van der Waals surface area contributed by atoms with E-state index in [0.717, 1.165) is 30.1 Å². The summed E-state index contributed by atoms with van der Waals surface area (Å²) in [5, 5.41) is 0. The fourth-order valence-corrected chi connectivity index (χ4v) is 2.03. The summed E-state index contributed by atoms with van der Waals surface area (Å²) in [4.78, 5) is 0. The van der Waals surface area contributed by atoms with Gasteiger partial charge in [-0.1, -0.05) is 25.1 Å². The van der Waals surface area contributed by atoms with Crippen molar-refractivity contribution in [3.05, 3.63) is 53.6 Å². The fraction of sp³-hybridized carbons (Fsp3) is 0.294. The third-order valence-electron chi connectivity index (χ3n) is 3.22. The first kappa shape index (κ1) is 14.4. The van der Waals surface area contributed by atoms with Crippen molar-refractivity contribution in [2.75, 3.05) is 13.7 Å². The molecule has 0 atom stereocenters. The van der Waals surface area contributed by atoms with E-state index in [2.05, 4.69) is 13.0 Å². The summed E-state index contributed by atoms with van der Waals surface area (Å²) in [7, 11) is 1.66. The second-order valence-electron chi connectivity index (χ2n) is 4.62. The summed E-state index contributed by atoms with van der Waals surface area (Å²) in [6.45, 7) is 2.78. The zero-order chi connectivity index (χ0) is 14.4. The van der Waals surface area contributed by atoms with E-state index in [-0.39, 0.29) is 0 Å². The summed E-state index contributed by atoms with van der Waals surface area (Å²) in [6.07, 6.45) is 1.86. The van der Waals surface area contributed by atoms with Crippen molar-refractivity contribution in [3.8, 4) is 17.2 Å². The van der Waals surface area contributed by atoms with Crippen LogP contribution >= 0.6 is 0 Å². The molecule has 0 aliphatic rings. The van der Waals surface area contributed by atoms with Crippen LogP contribution in [0.1, 0.15) is 18.1 Å². The standard InChI is InChI=1S/C17H21NO2/c1-3-13-6-9-16(17(12-13)19-2)20-15-7-4-14(5-8-15)10-11-18/h4-9,12H,3,10-11,18H2,1-2H3. The van der Waals surface area contributed by atoms with Crippen molar-refractivity contribution in [1.82, 2.24) is 0 Å². The maximum Gasteiger partial charge on any atom is 0.169 e. The number of methoxy groups -OCH3 is 1. The van der Waals surface area contributed by atoms with Crippen LogP contribution in [0.25, 0.3) is 0 Å². The van der Waals surface area contributed by atoms with E-state index < -0.39 is 0 Å². The van der Waals surface area contributed by atoms with Gasteiger partial charge in [0.1, 0.15) is 5.75 Å². The molecule has 0 aliphatic heterocycles. The van der Waals surface area contributed by atoms with Gasteiger partial charge in [0.15, 0.2) is 11.5 Å². The molecular formula is C17H21NO2. The zero-order valence-electron chi connectivity index (χ0n) is 12.1. The molecule has 0 aromatic heterocycles. The molecule has 0 fully saturated rings. The molecular weight excluding hydrogens is 250 g/mol. The van der Waals surface area contributed by atoms with Gasteiger partial charge in [-0.05, 0) is 54.8 Å². The SMILES string of the molecule is CCc1ccc(Oc2ccc(CCN)cc2)c(OC)c1. The highest BCUT2D eigenvalue weighted by Crippen LogP contribution is 2.32. The first-order valence-electron chi connectivity index (χ1n) is 6.90. The number of hydrogen-bond acceptors (Lipinski definition) is 3. The minimum Gasteiger partial charge on any atom is -0.493 e. The van der Waals surface area contributed by atoms with E-state index in [1.807, 2.05) is 36.4 Å². The van der Waals surface area contributed by atoms with Crippen molar-refractivity contribution >= 4 is 0 Å². The number of rotatable bonds is 6. The van der Waals surface area contributed by atoms with Gasteiger partial charge >= 0.3 is 0 Å². The van der Waals surface area contributed by atoms with Gasteiger partial charge < -0.3 is 15.2 Å². The minimum atomic E-state index is 0.659. The molecule has 0 unspecified atom stereocenters. The Morgan fingerprint density at radius 2 is 1.65 bits per heavy atom. The molecule has 0 amide bonds. The molecule has 0 saturated carbocycles. The van der Waals surface area contributed by atoms with Gasteiger partial charge in [0.25, 0.3) is 0 Å². The van der Waals surface area contributed by atoms with Crippen LogP contribution in [0.15, 0.2) is 42.5 Å². The quantitative estimate of drug-likeness (QED) is 0.873. The van der Waals surface area contributed by atoms with E-state index in [0.29, 0.717) is 6.54 Å². The molecule has 20 heavy (non-hydrogen) atoms. The Kier molecular flexibility index (Phi) is 5.02. The van der Waals surface area contributed by atoms with Crippen LogP contribution in [0.4, 0.5) is 0 Å². The zero-order valence-corrected chi connectivity index (χ0v) is 12.1. The third kappa shape index (κ3) is 3.52. The number of hydrogen-bond donors (Lipinski definition) is 1. The van der Waals surface area contributed by atoms with Crippen molar-refractivity contribution in [2.45, 2.75) is 19.8 Å². The number of ether oxygens (including phenoxy) is 2. The van der Waals surface area contributed by atoms with Gasteiger partial charge in [0.2, 0.25) is 0 Å². The van der Waals surface area contributed by atoms with Gasteiger partial charge in [-0.2, -0.15) is 0 Å². The van der Waals surface area contributed by atoms with Gasteiger partial charge in [0, 0.05) is 0 Å². The lowest BCUT2D eigenvalue weighted by Crippen LogP contribution is -2.02. The molecule has 3 heteroatoms. The van der Waals surface area contributed by atoms with Gasteiger partial charge in [-0.15, -0.1) is 0 Å². The van der Waals surface area contributed by atoms with Crippen LogP contribution in [-0.4, -0.2) is 13.7 Å². The van der Waals surface area contributed by atoms with E-state index >= 15 is 0 Å². The topological polar surface area (TPSA) is 44.5 Å². The highest BCUT2D eigenvalue weighted by atomic mass is 16.5. The maximum absolute atomic E-state index is 5.88. The summed E-state index contributed by atoms with van der Waals surface area (Å²) in [5.41, 5.74) is 7.98. The van der Waals surface area contributed by atoms with Crippen LogP contribution in [0.3, 0.4) is 0 Å². The smallest absolute Gasteiger partial charge is 0.169 e. The largest absolute Gasteiger partial charge is 0.493 e. The van der Waals surface area contributed by atoms with Crippen LogP contribution in [0.5, 0.6) is 17.2 Å². The lowest BCUT2D eigenvalue weighted by Gasteiger charge is -2.12. The summed E-state index contributed by atoms with van der Waals surface area (Å²) < 4.78 is 11.3. The molecule has 0 radical (unpaired) electrons. The predicted molar refractivity (Wildman–Crippen MR) is 81.6 cm³/mol. The average molecular weight is 271 g/mol. The number of nitrogens with two attached hydrogens (primary N) is 1. The van der Waals surface area contributed by atoms with Gasteiger partial charge in [-0.25, -0.2) is 0 Å². The van der Waals surface area contributed by atoms with Crippen LogP contribution < -0.4 is 15.2 Å². The normalized spacial score (nSPS) is 10.3. The Hall–Kier alpha value is -2.00. The Morgan fingerprint density at radius 3 is 2.25 bits per heavy atom. The van der Waals surface area contributed by atoms with Gasteiger partial charge in [-0.3, -0.25) is 0 Å². The van der Waals surface area contributed by atoms with Crippen molar-refractivity contribution in [1.29, 1.82) is 0 Å². The molecule has 0 saturated heterocycles. The molecule has 2 N–H and O–H groups in total. The Labute approximate surface area is 120 Å². The second kappa shape index (κ2) is 6.96. The van der Waals surface area contributed by atoms with Crippen LogP contribution in [0.2, 0.25) is 0 Å². The monoisotopic (exact) mass is 271 g/mol. The van der Waals surface area contributed by atoms with E-state index in [9.17, 15) is 0 Å². The summed E-state index contributed by atoms with van der Waals surface area (Å²) in [6, 6.07) is 14.0. The van der Waals surface area contributed by atoms with E-state index in [1.54, 1.807) is 7.11 Å². The Bertz CT molecular complexity index is 549. The molecule has 2 aromatic rings. The highest BCUT2D eigenvalue weighted by Gasteiger charge is 2.06. The molecule has 2 aromatic carbocycles. The second-order valence-corrected chi connectivity index (χ2v) is 4.62. The predicted octanol–water partition coefficient (Wildman–Crippen LogP) is 3.55. The Morgan fingerprint density at radius 1 is 0.950 bits per heavy atom.